The van der Waals surface area contributed by atoms with E-state index < -0.39 is 17.7 Å². The Kier molecular flexibility index (Phi) is 4.15. The van der Waals surface area contributed by atoms with Crippen LogP contribution in [0.2, 0.25) is 0 Å². The minimum absolute atomic E-state index is 0.0782. The van der Waals surface area contributed by atoms with Gasteiger partial charge in [0.25, 0.3) is 0 Å². The van der Waals surface area contributed by atoms with E-state index in [1.54, 1.807) is 0 Å². The highest BCUT2D eigenvalue weighted by Crippen LogP contribution is 1.92. The summed E-state index contributed by atoms with van der Waals surface area (Å²) in [6.07, 6.45) is 3.44. The predicted octanol–water partition coefficient (Wildman–Crippen LogP) is 0.678. The first-order chi connectivity index (χ1) is 5.95. The largest absolute Gasteiger partial charge is 0.478 e. The summed E-state index contributed by atoms with van der Waals surface area (Å²) in [6, 6.07) is 0. The van der Waals surface area contributed by atoms with Crippen LogP contribution < -0.4 is 0 Å². The molecule has 0 rings (SSSR count). The Balaban J connectivity index is 4.31. The van der Waals surface area contributed by atoms with Crippen LogP contribution in [0.4, 0.5) is 0 Å². The summed E-state index contributed by atoms with van der Waals surface area (Å²) in [7, 11) is 0. The van der Waals surface area contributed by atoms with Crippen molar-refractivity contribution in [2.24, 2.45) is 0 Å². The van der Waals surface area contributed by atoms with Gasteiger partial charge in [0.1, 0.15) is 5.71 Å². The van der Waals surface area contributed by atoms with Crippen molar-refractivity contribution in [2.45, 2.75) is 6.92 Å². The van der Waals surface area contributed by atoms with Gasteiger partial charge in [0, 0.05) is 5.57 Å². The molecule has 13 heavy (non-hydrogen) atoms. The van der Waals surface area contributed by atoms with Gasteiger partial charge in [-0.2, -0.15) is 0 Å². The molecule has 0 saturated heterocycles. The molecule has 0 bridgehead atoms. The number of aliphatic carboxylic acids is 2. The fraction of sp³-hybridized carbons (Fsp3) is 0.125. The zero-order chi connectivity index (χ0) is 10.4. The summed E-state index contributed by atoms with van der Waals surface area (Å²) >= 11 is 0. The van der Waals surface area contributed by atoms with Crippen molar-refractivity contribution in [3.63, 3.8) is 0 Å². The molecule has 0 fully saturated rings. The van der Waals surface area contributed by atoms with E-state index in [-0.39, 0.29) is 5.57 Å². The molecule has 0 unspecified atom stereocenters. The molecule has 0 aliphatic heterocycles. The first kappa shape index (κ1) is 11.1. The predicted molar refractivity (Wildman–Crippen MR) is 45.9 cm³/mol. The lowest BCUT2D eigenvalue weighted by atomic mass is 10.2. The van der Waals surface area contributed by atoms with Crippen molar-refractivity contribution < 1.29 is 19.8 Å². The summed E-state index contributed by atoms with van der Waals surface area (Å²) in [5, 5.41) is 23.5. The highest BCUT2D eigenvalue weighted by molar-refractivity contribution is 6.39. The lowest BCUT2D eigenvalue weighted by Gasteiger charge is -1.88. The van der Waals surface area contributed by atoms with Gasteiger partial charge in [0.15, 0.2) is 0 Å². The molecule has 3 N–H and O–H groups in total. The second-order valence-corrected chi connectivity index (χ2v) is 2.23. The summed E-state index contributed by atoms with van der Waals surface area (Å²) in [4.78, 5) is 20.3. The van der Waals surface area contributed by atoms with E-state index in [2.05, 4.69) is 0 Å². The van der Waals surface area contributed by atoms with E-state index in [1.165, 1.54) is 19.1 Å². The Morgan fingerprint density at radius 1 is 1.23 bits per heavy atom. The van der Waals surface area contributed by atoms with Crippen LogP contribution in [-0.2, 0) is 9.59 Å². The molecule has 0 atom stereocenters. The second-order valence-electron chi connectivity index (χ2n) is 2.23. The van der Waals surface area contributed by atoms with E-state index >= 15 is 0 Å². The number of rotatable bonds is 4. The number of carbonyl (C=O) groups is 2. The van der Waals surface area contributed by atoms with Gasteiger partial charge in [-0.15, -0.1) is 0 Å². The summed E-state index contributed by atoms with van der Waals surface area (Å²) in [6.45, 7) is 1.37. The monoisotopic (exact) mass is 183 g/mol. The second kappa shape index (κ2) is 4.87. The number of hydrogen-bond acceptors (Lipinski definition) is 3. The van der Waals surface area contributed by atoms with Crippen LogP contribution in [0.3, 0.4) is 0 Å². The van der Waals surface area contributed by atoms with Crippen LogP contribution >= 0.6 is 0 Å². The average Bonchev–Trinajstić information content (AvgIpc) is 2.03. The Morgan fingerprint density at radius 3 is 2.15 bits per heavy atom. The third kappa shape index (κ3) is 4.52. The molecule has 0 spiro atoms. The maximum absolute atomic E-state index is 10.2. The third-order valence-corrected chi connectivity index (χ3v) is 1.18. The summed E-state index contributed by atoms with van der Waals surface area (Å²) in [5.74, 6) is -2.43. The average molecular weight is 183 g/mol. The Morgan fingerprint density at radius 2 is 1.77 bits per heavy atom. The molecular weight excluding hydrogens is 174 g/mol. The molecule has 0 aromatic carbocycles. The molecule has 0 aromatic rings. The molecule has 5 nitrogen and oxygen atoms in total. The number of nitrogens with one attached hydrogen (secondary N) is 1. The van der Waals surface area contributed by atoms with Crippen molar-refractivity contribution in [3.8, 4) is 0 Å². The SMILES string of the molecule is C/C(=C\C=C/C(=N)C(=O)O)C(=O)O. The van der Waals surface area contributed by atoms with Gasteiger partial charge in [0.2, 0.25) is 0 Å². The van der Waals surface area contributed by atoms with Crippen molar-refractivity contribution in [3.05, 3.63) is 23.8 Å². The zero-order valence-electron chi connectivity index (χ0n) is 6.94. The topological polar surface area (TPSA) is 98.5 Å². The van der Waals surface area contributed by atoms with Crippen LogP contribution in [-0.4, -0.2) is 27.9 Å². The minimum Gasteiger partial charge on any atom is -0.478 e. The zero-order valence-corrected chi connectivity index (χ0v) is 6.94. The smallest absolute Gasteiger partial charge is 0.353 e. The van der Waals surface area contributed by atoms with Gasteiger partial charge in [-0.05, 0) is 13.0 Å². The molecule has 0 aliphatic carbocycles. The summed E-state index contributed by atoms with van der Waals surface area (Å²) in [5.41, 5.74) is -0.510. The maximum atomic E-state index is 10.2. The van der Waals surface area contributed by atoms with Crippen molar-refractivity contribution in [1.29, 1.82) is 5.41 Å². The van der Waals surface area contributed by atoms with Crippen LogP contribution in [0.15, 0.2) is 23.8 Å². The normalized spacial score (nSPS) is 11.6. The lowest BCUT2D eigenvalue weighted by molar-refractivity contribution is -0.132. The Labute approximate surface area is 74.5 Å². The van der Waals surface area contributed by atoms with Crippen LogP contribution in [0, 0.1) is 5.41 Å². The fourth-order valence-corrected chi connectivity index (χ4v) is 0.431. The number of allylic oxidation sites excluding steroid dienone is 2. The third-order valence-electron chi connectivity index (χ3n) is 1.18. The Hall–Kier alpha value is -1.91. The first-order valence-corrected chi connectivity index (χ1v) is 3.35. The van der Waals surface area contributed by atoms with E-state index in [1.807, 2.05) is 0 Å². The molecule has 0 aliphatic rings. The van der Waals surface area contributed by atoms with Gasteiger partial charge in [-0.25, -0.2) is 9.59 Å². The Bertz CT molecular complexity index is 301. The molecule has 0 radical (unpaired) electrons. The van der Waals surface area contributed by atoms with Crippen molar-refractivity contribution in [1.82, 2.24) is 0 Å². The highest BCUT2D eigenvalue weighted by atomic mass is 16.4. The van der Waals surface area contributed by atoms with Gasteiger partial charge in [0.05, 0.1) is 0 Å². The number of carboxylic acids is 2. The van der Waals surface area contributed by atoms with Gasteiger partial charge >= 0.3 is 11.9 Å². The molecular formula is C8H9NO4. The number of hydrogen-bond donors (Lipinski definition) is 3. The van der Waals surface area contributed by atoms with Crippen LogP contribution in [0.5, 0.6) is 0 Å². The number of carboxylic acid groups (broad SMARTS) is 2. The first-order valence-electron chi connectivity index (χ1n) is 3.35. The lowest BCUT2D eigenvalue weighted by Crippen LogP contribution is -2.07. The standard InChI is InChI=1S/C8H9NO4/c1-5(7(10)11)3-2-4-6(9)8(12)13/h2-4,9H,1H3,(H,10,11)(H,12,13)/b4-2-,5-3+,9-6?. The van der Waals surface area contributed by atoms with E-state index in [9.17, 15) is 9.59 Å². The van der Waals surface area contributed by atoms with Crippen LogP contribution in [0.1, 0.15) is 6.92 Å². The van der Waals surface area contributed by atoms with Crippen molar-refractivity contribution >= 4 is 17.7 Å². The minimum atomic E-state index is -1.35. The molecule has 70 valence electrons. The van der Waals surface area contributed by atoms with E-state index in [0.29, 0.717) is 0 Å². The van der Waals surface area contributed by atoms with Gasteiger partial charge in [-0.1, -0.05) is 12.2 Å². The molecule has 0 heterocycles. The maximum Gasteiger partial charge on any atom is 0.353 e. The van der Waals surface area contributed by atoms with Crippen LogP contribution in [0.25, 0.3) is 0 Å². The summed E-state index contributed by atoms with van der Waals surface area (Å²) < 4.78 is 0. The molecule has 0 amide bonds. The molecule has 5 heteroatoms. The van der Waals surface area contributed by atoms with Crippen molar-refractivity contribution in [2.75, 3.05) is 0 Å². The van der Waals surface area contributed by atoms with E-state index in [0.717, 1.165) is 6.08 Å². The van der Waals surface area contributed by atoms with Gasteiger partial charge in [-0.3, -0.25) is 5.41 Å². The van der Waals surface area contributed by atoms with E-state index in [4.69, 9.17) is 15.6 Å². The highest BCUT2D eigenvalue weighted by Gasteiger charge is 2.00. The van der Waals surface area contributed by atoms with Gasteiger partial charge < -0.3 is 10.2 Å². The fourth-order valence-electron chi connectivity index (χ4n) is 0.431. The quantitative estimate of drug-likeness (QED) is 0.339. The molecule has 0 saturated carbocycles. The molecule has 0 aromatic heterocycles.